The summed E-state index contributed by atoms with van der Waals surface area (Å²) >= 11 is 0. The monoisotopic (exact) mass is 373 g/mol. The van der Waals surface area contributed by atoms with Crippen molar-refractivity contribution in [3.8, 4) is 11.5 Å². The first-order valence-electron chi connectivity index (χ1n) is 9.58. The van der Waals surface area contributed by atoms with Crippen LogP contribution in [-0.2, 0) is 21.3 Å². The zero-order valence-corrected chi connectivity index (χ0v) is 16.3. The molecule has 2 aliphatic heterocycles. The van der Waals surface area contributed by atoms with Gasteiger partial charge in [0.05, 0.1) is 12.5 Å². The number of methoxy groups -OCH3 is 2. The van der Waals surface area contributed by atoms with Crippen molar-refractivity contribution < 1.29 is 24.1 Å². The smallest absolute Gasteiger partial charge is 0.166 e. The Labute approximate surface area is 159 Å². The summed E-state index contributed by atoms with van der Waals surface area (Å²) in [5, 5.41) is 11.4. The Morgan fingerprint density at radius 3 is 2.89 bits per heavy atom. The van der Waals surface area contributed by atoms with E-state index < -0.39 is 17.8 Å². The van der Waals surface area contributed by atoms with Gasteiger partial charge in [0, 0.05) is 18.7 Å². The molecule has 6 nitrogen and oxygen atoms in total. The summed E-state index contributed by atoms with van der Waals surface area (Å²) in [7, 11) is 5.44. The predicted octanol–water partition coefficient (Wildman–Crippen LogP) is 1.63. The fraction of sp³-hybridized carbons (Fsp3) is 0.619. The minimum atomic E-state index is -0.804. The molecule has 0 aromatic heterocycles. The Kier molecular flexibility index (Phi) is 3.70. The molecular weight excluding hydrogens is 346 g/mol. The molecule has 4 aliphatic rings. The molecule has 2 bridgehead atoms. The Bertz CT molecular complexity index is 823. The van der Waals surface area contributed by atoms with E-state index in [1.807, 2.05) is 13.0 Å². The van der Waals surface area contributed by atoms with Crippen LogP contribution in [0.15, 0.2) is 23.8 Å². The van der Waals surface area contributed by atoms with Crippen LogP contribution in [0.5, 0.6) is 11.5 Å². The first-order chi connectivity index (χ1) is 13.0. The van der Waals surface area contributed by atoms with Gasteiger partial charge in [-0.15, -0.1) is 0 Å². The molecule has 0 radical (unpaired) electrons. The van der Waals surface area contributed by atoms with Crippen molar-refractivity contribution in [1.29, 1.82) is 0 Å². The van der Waals surface area contributed by atoms with Crippen LogP contribution in [0.1, 0.15) is 24.5 Å². The molecule has 0 saturated carbocycles. The highest BCUT2D eigenvalue weighted by atomic mass is 16.7. The fourth-order valence-corrected chi connectivity index (χ4v) is 5.93. The van der Waals surface area contributed by atoms with Crippen LogP contribution in [0, 0.1) is 0 Å². The van der Waals surface area contributed by atoms with Crippen LogP contribution < -0.4 is 9.47 Å². The minimum absolute atomic E-state index is 0.136. The van der Waals surface area contributed by atoms with E-state index in [-0.39, 0.29) is 18.2 Å². The third kappa shape index (κ3) is 1.94. The van der Waals surface area contributed by atoms with Crippen molar-refractivity contribution in [3.05, 3.63) is 34.9 Å². The van der Waals surface area contributed by atoms with E-state index in [1.165, 1.54) is 16.7 Å². The lowest BCUT2D eigenvalue weighted by Gasteiger charge is -2.59. The summed E-state index contributed by atoms with van der Waals surface area (Å²) in [6.07, 6.45) is 2.71. The number of rotatable bonds is 4. The molecule has 6 heteroatoms. The first-order valence-corrected chi connectivity index (χ1v) is 9.58. The third-order valence-corrected chi connectivity index (χ3v) is 7.25. The predicted molar refractivity (Wildman–Crippen MR) is 99.3 cm³/mol. The summed E-state index contributed by atoms with van der Waals surface area (Å²) in [5.41, 5.74) is 2.68. The van der Waals surface area contributed by atoms with Crippen LogP contribution >= 0.6 is 0 Å². The van der Waals surface area contributed by atoms with Gasteiger partial charge in [0.2, 0.25) is 0 Å². The van der Waals surface area contributed by atoms with Gasteiger partial charge in [0.25, 0.3) is 0 Å². The second-order valence-electron chi connectivity index (χ2n) is 8.30. The average Bonchev–Trinajstić information content (AvgIpc) is 2.94. The molecule has 0 unspecified atom stereocenters. The van der Waals surface area contributed by atoms with Gasteiger partial charge >= 0.3 is 0 Å². The van der Waals surface area contributed by atoms with Gasteiger partial charge in [-0.05, 0) is 50.6 Å². The summed E-state index contributed by atoms with van der Waals surface area (Å²) in [5.74, 6) is 1.52. The van der Waals surface area contributed by atoms with Crippen molar-refractivity contribution in [3.63, 3.8) is 0 Å². The highest BCUT2D eigenvalue weighted by Gasteiger charge is 2.70. The van der Waals surface area contributed by atoms with Gasteiger partial charge in [-0.2, -0.15) is 0 Å². The van der Waals surface area contributed by atoms with Crippen LogP contribution in [0.2, 0.25) is 0 Å². The Morgan fingerprint density at radius 2 is 2.15 bits per heavy atom. The van der Waals surface area contributed by atoms with Gasteiger partial charge in [-0.1, -0.05) is 12.1 Å². The topological polar surface area (TPSA) is 60.4 Å². The fourth-order valence-electron chi connectivity index (χ4n) is 5.93. The van der Waals surface area contributed by atoms with E-state index in [2.05, 4.69) is 24.1 Å². The summed E-state index contributed by atoms with van der Waals surface area (Å²) in [6, 6.07) is 4.44. The minimum Gasteiger partial charge on any atom is -0.493 e. The Balaban J connectivity index is 1.77. The Hall–Kier alpha value is -1.60. The maximum absolute atomic E-state index is 11.4. The van der Waals surface area contributed by atoms with Gasteiger partial charge in [0.1, 0.15) is 24.6 Å². The molecule has 0 amide bonds. The maximum Gasteiger partial charge on any atom is 0.166 e. The molecule has 1 aromatic rings. The number of hydrogen-bond acceptors (Lipinski definition) is 6. The van der Waals surface area contributed by atoms with Gasteiger partial charge < -0.3 is 24.1 Å². The van der Waals surface area contributed by atoms with Gasteiger partial charge in [-0.3, -0.25) is 4.90 Å². The van der Waals surface area contributed by atoms with E-state index in [0.717, 1.165) is 30.9 Å². The molecule has 5 atom stereocenters. The summed E-state index contributed by atoms with van der Waals surface area (Å²) < 4.78 is 23.1. The number of nitrogens with zero attached hydrogens (tertiary/aromatic N) is 1. The van der Waals surface area contributed by atoms with Crippen LogP contribution in [0.25, 0.3) is 0 Å². The molecule has 1 saturated heterocycles. The lowest BCUT2D eigenvalue weighted by molar-refractivity contribution is -0.165. The molecule has 146 valence electrons. The number of aliphatic hydroxyl groups is 1. The van der Waals surface area contributed by atoms with Crippen molar-refractivity contribution in [1.82, 2.24) is 4.90 Å². The Morgan fingerprint density at radius 1 is 1.33 bits per heavy atom. The molecular formula is C21H27NO5. The zero-order chi connectivity index (χ0) is 19.0. The lowest BCUT2D eigenvalue weighted by atomic mass is 9.51. The average molecular weight is 373 g/mol. The SMILES string of the molecule is COCO[C@@H]1C=C2[C@H]3Cc4ccc(OC)c5c4[C@@]2(CCN3C)[C@@](C)(O5)[C@H]1O. The summed E-state index contributed by atoms with van der Waals surface area (Å²) in [4.78, 5) is 2.41. The second kappa shape index (κ2) is 5.70. The molecule has 5 rings (SSSR count). The number of likely N-dealkylation sites (N-methyl/N-ethyl adjacent to an activating group) is 1. The number of piperidine rings is 1. The number of likely N-dealkylation sites (tertiary alicyclic amines) is 1. The molecule has 27 heavy (non-hydrogen) atoms. The van der Waals surface area contributed by atoms with Gasteiger partial charge in [0.15, 0.2) is 11.5 Å². The van der Waals surface area contributed by atoms with Crippen molar-refractivity contribution in [2.75, 3.05) is 34.6 Å². The normalized spacial score (nSPS) is 38.9. The van der Waals surface area contributed by atoms with Crippen LogP contribution in [-0.4, -0.2) is 68.5 Å². The summed E-state index contributed by atoms with van der Waals surface area (Å²) in [6.45, 7) is 3.13. The van der Waals surface area contributed by atoms with E-state index in [0.29, 0.717) is 0 Å². The lowest BCUT2D eigenvalue weighted by Crippen LogP contribution is -2.70. The first kappa shape index (κ1) is 17.5. The van der Waals surface area contributed by atoms with Crippen LogP contribution in [0.4, 0.5) is 0 Å². The standard InChI is InChI=1S/C21H27NO5/c1-20-19(23)16(26-11-24-3)10-13-14-9-12-5-6-15(25-4)18(27-20)17(12)21(13,20)7-8-22(14)2/h5-6,10,14,16,19,23H,7-9,11H2,1-4H3/t14-,16-,19+,20+,21+/m1/s1. The molecule has 2 heterocycles. The van der Waals surface area contributed by atoms with E-state index in [1.54, 1.807) is 14.2 Å². The maximum atomic E-state index is 11.4. The molecule has 2 aliphatic carbocycles. The number of ether oxygens (including phenoxy) is 4. The number of hydrogen-bond donors (Lipinski definition) is 1. The highest BCUT2D eigenvalue weighted by molar-refractivity contribution is 5.67. The van der Waals surface area contributed by atoms with E-state index in [9.17, 15) is 5.11 Å². The molecule has 1 aromatic carbocycles. The van der Waals surface area contributed by atoms with Crippen molar-refractivity contribution in [2.45, 2.75) is 49.0 Å². The number of benzene rings is 1. The van der Waals surface area contributed by atoms with E-state index in [4.69, 9.17) is 18.9 Å². The molecule has 1 fully saturated rings. The van der Waals surface area contributed by atoms with Gasteiger partial charge in [-0.25, -0.2) is 0 Å². The molecule has 1 spiro atoms. The second-order valence-corrected chi connectivity index (χ2v) is 8.30. The number of aliphatic hydroxyl groups excluding tert-OH is 1. The zero-order valence-electron chi connectivity index (χ0n) is 16.3. The van der Waals surface area contributed by atoms with Crippen molar-refractivity contribution >= 4 is 0 Å². The van der Waals surface area contributed by atoms with E-state index >= 15 is 0 Å². The highest BCUT2D eigenvalue weighted by Crippen LogP contribution is 2.66. The largest absolute Gasteiger partial charge is 0.493 e. The third-order valence-electron chi connectivity index (χ3n) is 7.25. The van der Waals surface area contributed by atoms with Crippen molar-refractivity contribution in [2.24, 2.45) is 0 Å². The molecule has 1 N–H and O–H groups in total. The quantitative estimate of drug-likeness (QED) is 0.640. The van der Waals surface area contributed by atoms with Crippen LogP contribution in [0.3, 0.4) is 0 Å².